The van der Waals surface area contributed by atoms with Crippen LogP contribution in [0.1, 0.15) is 0 Å². The molecule has 0 bridgehead atoms. The maximum absolute atomic E-state index is 11.7. The summed E-state index contributed by atoms with van der Waals surface area (Å²) < 4.78 is 0. The molecule has 6 heteroatoms. The van der Waals surface area contributed by atoms with Gasteiger partial charge in [-0.2, -0.15) is 0 Å². The van der Waals surface area contributed by atoms with Crippen molar-refractivity contribution in [2.45, 2.75) is 0 Å². The number of hydrogen-bond donors (Lipinski definition) is 1. The zero-order chi connectivity index (χ0) is 12.3. The number of halogens is 1. The van der Waals surface area contributed by atoms with Gasteiger partial charge < -0.3 is 10.2 Å². The van der Waals surface area contributed by atoms with Gasteiger partial charge in [0, 0.05) is 10.7 Å². The van der Waals surface area contributed by atoms with E-state index in [9.17, 15) is 9.59 Å². The highest BCUT2D eigenvalue weighted by Crippen LogP contribution is 2.16. The number of amides is 2. The van der Waals surface area contributed by atoms with Crippen LogP contribution in [0, 0.1) is 0 Å². The Morgan fingerprint density at radius 3 is 3.00 bits per heavy atom. The smallest absolute Gasteiger partial charge is 0.244 e. The van der Waals surface area contributed by atoms with Gasteiger partial charge in [-0.1, -0.05) is 17.7 Å². The third-order valence-electron chi connectivity index (χ3n) is 2.27. The summed E-state index contributed by atoms with van der Waals surface area (Å²) in [5, 5.41) is 3.27. The molecule has 0 aliphatic carbocycles. The molecule has 4 nitrogen and oxygen atoms in total. The number of carbonyl (C=O) groups excluding carboxylic acids is 2. The average molecular weight is 271 g/mol. The second-order valence-electron chi connectivity index (χ2n) is 3.63. The van der Waals surface area contributed by atoms with E-state index in [0.717, 1.165) is 0 Å². The normalized spacial score (nSPS) is 15.1. The van der Waals surface area contributed by atoms with Crippen molar-refractivity contribution < 1.29 is 9.59 Å². The molecule has 1 N–H and O–H groups in total. The van der Waals surface area contributed by atoms with E-state index in [2.05, 4.69) is 5.32 Å². The minimum absolute atomic E-state index is 0.0104. The maximum Gasteiger partial charge on any atom is 0.244 e. The molecule has 2 rings (SSSR count). The molecule has 2 amide bonds. The number of nitrogens with zero attached hydrogens (tertiary/aromatic N) is 1. The fourth-order valence-corrected chi connectivity index (χ4v) is 2.57. The molecule has 0 unspecified atom stereocenters. The zero-order valence-corrected chi connectivity index (χ0v) is 10.6. The molecule has 0 atom stereocenters. The summed E-state index contributed by atoms with van der Waals surface area (Å²) in [5.41, 5.74) is 0.641. The molecule has 1 aliphatic rings. The molecule has 0 radical (unpaired) electrons. The number of anilines is 1. The summed E-state index contributed by atoms with van der Waals surface area (Å²) >= 11 is 7.32. The van der Waals surface area contributed by atoms with Crippen molar-refractivity contribution in [3.8, 4) is 0 Å². The van der Waals surface area contributed by atoms with E-state index in [1.54, 1.807) is 24.3 Å². The van der Waals surface area contributed by atoms with Crippen molar-refractivity contribution >= 4 is 40.9 Å². The minimum atomic E-state index is -0.205. The maximum atomic E-state index is 11.7. The fraction of sp³-hybridized carbons (Fsp3) is 0.273. The molecule has 1 saturated heterocycles. The first-order valence-electron chi connectivity index (χ1n) is 5.06. The first kappa shape index (κ1) is 12.3. The predicted octanol–water partition coefficient (Wildman–Crippen LogP) is 1.81. The van der Waals surface area contributed by atoms with Gasteiger partial charge in [-0.3, -0.25) is 9.59 Å². The van der Waals surface area contributed by atoms with Gasteiger partial charge in [0.1, 0.15) is 6.54 Å². The Kier molecular flexibility index (Phi) is 3.91. The van der Waals surface area contributed by atoms with Crippen LogP contribution in [0.25, 0.3) is 0 Å². The van der Waals surface area contributed by atoms with E-state index in [4.69, 9.17) is 11.6 Å². The molecule has 1 fully saturated rings. The number of thioether (sulfide) groups is 1. The van der Waals surface area contributed by atoms with Crippen LogP contribution in [0.15, 0.2) is 24.3 Å². The van der Waals surface area contributed by atoms with Gasteiger partial charge in [0.15, 0.2) is 0 Å². The van der Waals surface area contributed by atoms with E-state index >= 15 is 0 Å². The number of hydrogen-bond acceptors (Lipinski definition) is 3. The lowest BCUT2D eigenvalue weighted by Gasteiger charge is -2.14. The van der Waals surface area contributed by atoms with Crippen molar-refractivity contribution in [2.75, 3.05) is 23.5 Å². The molecule has 1 heterocycles. The van der Waals surface area contributed by atoms with Gasteiger partial charge in [0.05, 0.1) is 11.6 Å². The summed E-state index contributed by atoms with van der Waals surface area (Å²) in [6.45, 7) is 0.0956. The van der Waals surface area contributed by atoms with Crippen LogP contribution in [0.5, 0.6) is 0 Å². The molecule has 1 aliphatic heterocycles. The number of rotatable bonds is 3. The Bertz CT molecular complexity index is 453. The highest BCUT2D eigenvalue weighted by Gasteiger charge is 2.22. The minimum Gasteiger partial charge on any atom is -0.324 e. The second kappa shape index (κ2) is 5.42. The lowest BCUT2D eigenvalue weighted by Crippen LogP contribution is -2.34. The van der Waals surface area contributed by atoms with Crippen molar-refractivity contribution in [1.82, 2.24) is 4.90 Å². The number of nitrogens with one attached hydrogen (secondary N) is 1. The highest BCUT2D eigenvalue weighted by atomic mass is 35.5. The quantitative estimate of drug-likeness (QED) is 0.911. The summed E-state index contributed by atoms with van der Waals surface area (Å²) in [6.07, 6.45) is 0. The summed E-state index contributed by atoms with van der Waals surface area (Å²) in [7, 11) is 0. The summed E-state index contributed by atoms with van der Waals surface area (Å²) in [5.74, 6) is 0.853. The van der Waals surface area contributed by atoms with E-state index in [-0.39, 0.29) is 18.4 Å². The molecule has 17 heavy (non-hydrogen) atoms. The lowest BCUT2D eigenvalue weighted by molar-refractivity contribution is -0.130. The molecule has 0 spiro atoms. The Hall–Kier alpha value is -1.20. The Labute approximate surface area is 108 Å². The van der Waals surface area contributed by atoms with Gasteiger partial charge >= 0.3 is 0 Å². The van der Waals surface area contributed by atoms with Crippen molar-refractivity contribution in [3.63, 3.8) is 0 Å². The predicted molar refractivity (Wildman–Crippen MR) is 69.1 cm³/mol. The van der Waals surface area contributed by atoms with Gasteiger partial charge in [-0.05, 0) is 18.2 Å². The molecule has 90 valence electrons. The van der Waals surface area contributed by atoms with Crippen LogP contribution in [-0.4, -0.2) is 34.9 Å². The second-order valence-corrected chi connectivity index (χ2v) is 5.02. The fourth-order valence-electron chi connectivity index (χ4n) is 1.48. The van der Waals surface area contributed by atoms with Gasteiger partial charge in [0.25, 0.3) is 0 Å². The topological polar surface area (TPSA) is 49.4 Å². The summed E-state index contributed by atoms with van der Waals surface area (Å²) in [6, 6.07) is 6.91. The summed E-state index contributed by atoms with van der Waals surface area (Å²) in [4.78, 5) is 24.5. The third kappa shape index (κ3) is 3.38. The van der Waals surface area contributed by atoms with Gasteiger partial charge in [0.2, 0.25) is 11.8 Å². The van der Waals surface area contributed by atoms with E-state index in [1.165, 1.54) is 16.7 Å². The Morgan fingerprint density at radius 1 is 1.53 bits per heavy atom. The van der Waals surface area contributed by atoms with Crippen LogP contribution in [-0.2, 0) is 9.59 Å². The molecule has 1 aromatic rings. The van der Waals surface area contributed by atoms with Crippen molar-refractivity contribution in [1.29, 1.82) is 0 Å². The first-order valence-corrected chi connectivity index (χ1v) is 6.59. The lowest BCUT2D eigenvalue weighted by atomic mass is 10.3. The standard InChI is InChI=1S/C11H11ClN2O2S/c12-8-2-1-3-9(4-8)13-10(15)5-14-7-17-6-11(14)16/h1-4H,5-7H2,(H,13,15). The zero-order valence-electron chi connectivity index (χ0n) is 8.98. The van der Waals surface area contributed by atoms with E-state index in [1.807, 2.05) is 0 Å². The highest BCUT2D eigenvalue weighted by molar-refractivity contribution is 8.00. The third-order valence-corrected chi connectivity index (χ3v) is 3.45. The Morgan fingerprint density at radius 2 is 2.35 bits per heavy atom. The number of carbonyl (C=O) groups is 2. The Balaban J connectivity index is 1.91. The van der Waals surface area contributed by atoms with E-state index in [0.29, 0.717) is 22.3 Å². The molecule has 0 saturated carbocycles. The monoisotopic (exact) mass is 270 g/mol. The van der Waals surface area contributed by atoms with E-state index < -0.39 is 0 Å². The van der Waals surface area contributed by atoms with Crippen LogP contribution in [0.2, 0.25) is 5.02 Å². The largest absolute Gasteiger partial charge is 0.324 e. The van der Waals surface area contributed by atoms with Gasteiger partial charge in [-0.25, -0.2) is 0 Å². The van der Waals surface area contributed by atoms with Crippen molar-refractivity contribution in [3.05, 3.63) is 29.3 Å². The first-order chi connectivity index (χ1) is 8.15. The van der Waals surface area contributed by atoms with Gasteiger partial charge in [-0.15, -0.1) is 11.8 Å². The van der Waals surface area contributed by atoms with Crippen LogP contribution < -0.4 is 5.32 Å². The molecule has 0 aromatic heterocycles. The average Bonchev–Trinajstić information content (AvgIpc) is 2.64. The van der Waals surface area contributed by atoms with Crippen LogP contribution in [0.4, 0.5) is 5.69 Å². The molecular weight excluding hydrogens is 260 g/mol. The van der Waals surface area contributed by atoms with Crippen molar-refractivity contribution in [2.24, 2.45) is 0 Å². The SMILES string of the molecule is O=C(CN1CSCC1=O)Nc1cccc(Cl)c1. The molecule has 1 aromatic carbocycles. The van der Waals surface area contributed by atoms with Crippen LogP contribution in [0.3, 0.4) is 0 Å². The van der Waals surface area contributed by atoms with Crippen LogP contribution >= 0.6 is 23.4 Å². The molecular formula is C11H11ClN2O2S. The number of benzene rings is 1.